The van der Waals surface area contributed by atoms with Crippen molar-refractivity contribution in [2.45, 2.75) is 11.8 Å². The topological polar surface area (TPSA) is 69.4 Å². The van der Waals surface area contributed by atoms with Gasteiger partial charge >= 0.3 is 0 Å². The summed E-state index contributed by atoms with van der Waals surface area (Å²) in [4.78, 5) is 0.221. The average Bonchev–Trinajstić information content (AvgIpc) is 2.35. The van der Waals surface area contributed by atoms with Crippen LogP contribution < -0.4 is 10.5 Å². The van der Waals surface area contributed by atoms with Gasteiger partial charge in [0.2, 0.25) is 0 Å². The predicted octanol–water partition coefficient (Wildman–Crippen LogP) is 3.54. The summed E-state index contributed by atoms with van der Waals surface area (Å²) in [5, 5.41) is 0. The van der Waals surface area contributed by atoms with Crippen molar-refractivity contribution in [3.05, 3.63) is 46.4 Å². The van der Waals surface area contributed by atoms with Gasteiger partial charge in [0.25, 0.3) is 0 Å². The fraction of sp³-hybridized carbons (Fsp3) is 0.143. The molecule has 0 amide bonds. The molecular weight excluding hydrogens is 342 g/mol. The predicted molar refractivity (Wildman–Crippen MR) is 82.9 cm³/mol. The Morgan fingerprint density at radius 3 is 2.55 bits per heavy atom. The Balaban J connectivity index is 2.38. The molecular formula is C14H14BrNO3S. The van der Waals surface area contributed by atoms with E-state index in [1.54, 1.807) is 24.3 Å². The van der Waals surface area contributed by atoms with Gasteiger partial charge in [0.05, 0.1) is 9.37 Å². The summed E-state index contributed by atoms with van der Waals surface area (Å²) >= 11 is 3.37. The first-order valence-electron chi connectivity index (χ1n) is 5.81. The van der Waals surface area contributed by atoms with Gasteiger partial charge < -0.3 is 10.5 Å². The molecule has 0 aromatic heterocycles. The summed E-state index contributed by atoms with van der Waals surface area (Å²) in [6.45, 7) is 1.88. The third kappa shape index (κ3) is 3.32. The van der Waals surface area contributed by atoms with Crippen LogP contribution in [0.3, 0.4) is 0 Å². The van der Waals surface area contributed by atoms with Crippen LogP contribution in [-0.4, -0.2) is 14.7 Å². The van der Waals surface area contributed by atoms with Gasteiger partial charge in [-0.15, -0.1) is 0 Å². The van der Waals surface area contributed by atoms with E-state index < -0.39 is 9.84 Å². The number of anilines is 1. The lowest BCUT2D eigenvalue weighted by Gasteiger charge is -2.11. The molecule has 0 saturated carbocycles. The third-order valence-corrected chi connectivity index (χ3v) is 4.51. The van der Waals surface area contributed by atoms with Crippen molar-refractivity contribution in [2.24, 2.45) is 0 Å². The van der Waals surface area contributed by atoms with E-state index in [1.165, 1.54) is 12.1 Å². The third-order valence-electron chi connectivity index (χ3n) is 2.78. The maximum absolute atomic E-state index is 11.5. The lowest BCUT2D eigenvalue weighted by molar-refractivity contribution is 0.477. The smallest absolute Gasteiger partial charge is 0.175 e. The van der Waals surface area contributed by atoms with Crippen molar-refractivity contribution in [3.8, 4) is 11.5 Å². The highest BCUT2D eigenvalue weighted by molar-refractivity contribution is 9.10. The summed E-state index contributed by atoms with van der Waals surface area (Å²) in [5.41, 5.74) is 7.35. The van der Waals surface area contributed by atoms with Crippen molar-refractivity contribution in [2.75, 3.05) is 12.0 Å². The summed E-state index contributed by atoms with van der Waals surface area (Å²) in [6, 6.07) is 9.92. The molecule has 106 valence electrons. The highest BCUT2D eigenvalue weighted by Crippen LogP contribution is 2.33. The molecule has 2 rings (SSSR count). The molecule has 0 radical (unpaired) electrons. The molecule has 4 nitrogen and oxygen atoms in total. The molecule has 20 heavy (non-hydrogen) atoms. The van der Waals surface area contributed by atoms with Gasteiger partial charge in [-0.1, -0.05) is 6.07 Å². The Morgan fingerprint density at radius 1 is 1.20 bits per heavy atom. The molecule has 2 N–H and O–H groups in total. The average molecular weight is 356 g/mol. The number of nitrogen functional groups attached to an aromatic ring is 1. The van der Waals surface area contributed by atoms with Crippen molar-refractivity contribution in [3.63, 3.8) is 0 Å². The summed E-state index contributed by atoms with van der Waals surface area (Å²) in [7, 11) is -3.25. The SMILES string of the molecule is Cc1cc(Oc2cccc(S(C)(=O)=O)c2)c(Br)cc1N. The number of sulfone groups is 1. The number of aryl methyl sites for hydroxylation is 1. The Morgan fingerprint density at radius 2 is 1.90 bits per heavy atom. The van der Waals surface area contributed by atoms with Gasteiger partial charge in [-0.2, -0.15) is 0 Å². The lowest BCUT2D eigenvalue weighted by atomic mass is 10.2. The molecule has 0 aliphatic heterocycles. The monoisotopic (exact) mass is 355 g/mol. The van der Waals surface area contributed by atoms with Crippen molar-refractivity contribution in [1.82, 2.24) is 0 Å². The standard InChI is InChI=1S/C14H14BrNO3S/c1-9-6-14(12(15)8-13(9)16)19-10-4-3-5-11(7-10)20(2,17)18/h3-8H,16H2,1-2H3. The van der Waals surface area contributed by atoms with E-state index in [9.17, 15) is 8.42 Å². The fourth-order valence-corrected chi connectivity index (χ4v) is 2.74. The zero-order chi connectivity index (χ0) is 14.9. The second kappa shape index (κ2) is 5.46. The van der Waals surface area contributed by atoms with Crippen LogP contribution in [0.4, 0.5) is 5.69 Å². The Kier molecular flexibility index (Phi) is 4.06. The molecule has 0 bridgehead atoms. The zero-order valence-corrected chi connectivity index (χ0v) is 13.5. The normalized spacial score (nSPS) is 11.3. The molecule has 0 spiro atoms. The van der Waals surface area contributed by atoms with E-state index in [0.717, 1.165) is 11.8 Å². The number of rotatable bonds is 3. The minimum atomic E-state index is -3.25. The van der Waals surface area contributed by atoms with E-state index in [0.29, 0.717) is 21.7 Å². The van der Waals surface area contributed by atoms with Gasteiger partial charge in [-0.05, 0) is 58.7 Å². The van der Waals surface area contributed by atoms with Gasteiger partial charge in [0.15, 0.2) is 9.84 Å². The van der Waals surface area contributed by atoms with Crippen LogP contribution in [0, 0.1) is 6.92 Å². The fourth-order valence-electron chi connectivity index (χ4n) is 1.64. The summed E-state index contributed by atoms with van der Waals surface area (Å²) in [5.74, 6) is 1.04. The number of halogens is 1. The maximum Gasteiger partial charge on any atom is 0.175 e. The van der Waals surface area contributed by atoms with Crippen LogP contribution in [0.15, 0.2) is 45.8 Å². The summed E-state index contributed by atoms with van der Waals surface area (Å²) < 4.78 is 29.5. The van der Waals surface area contributed by atoms with Crippen LogP contribution >= 0.6 is 15.9 Å². The van der Waals surface area contributed by atoms with Crippen LogP contribution in [-0.2, 0) is 9.84 Å². The molecule has 0 unspecified atom stereocenters. The molecule has 0 fully saturated rings. The number of benzene rings is 2. The van der Waals surface area contributed by atoms with Crippen LogP contribution in [0.1, 0.15) is 5.56 Å². The van der Waals surface area contributed by atoms with Crippen LogP contribution in [0.25, 0.3) is 0 Å². The number of nitrogens with two attached hydrogens (primary N) is 1. The van der Waals surface area contributed by atoms with Crippen molar-refractivity contribution < 1.29 is 13.2 Å². The first-order chi connectivity index (χ1) is 9.27. The second-order valence-corrected chi connectivity index (χ2v) is 7.36. The Hall–Kier alpha value is -1.53. The number of hydrogen-bond donors (Lipinski definition) is 1. The minimum Gasteiger partial charge on any atom is -0.456 e. The van der Waals surface area contributed by atoms with Crippen molar-refractivity contribution >= 4 is 31.5 Å². The first-order valence-corrected chi connectivity index (χ1v) is 8.49. The van der Waals surface area contributed by atoms with Gasteiger partial charge in [-0.25, -0.2) is 8.42 Å². The van der Waals surface area contributed by atoms with Gasteiger partial charge in [0, 0.05) is 11.9 Å². The molecule has 0 atom stereocenters. The maximum atomic E-state index is 11.5. The molecule has 0 heterocycles. The molecule has 6 heteroatoms. The zero-order valence-electron chi connectivity index (χ0n) is 11.1. The molecule has 0 aliphatic rings. The van der Waals surface area contributed by atoms with E-state index in [2.05, 4.69) is 15.9 Å². The Labute approximate surface area is 126 Å². The second-order valence-electron chi connectivity index (χ2n) is 4.49. The van der Waals surface area contributed by atoms with Gasteiger partial charge in [-0.3, -0.25) is 0 Å². The van der Waals surface area contributed by atoms with Crippen LogP contribution in [0.2, 0.25) is 0 Å². The lowest BCUT2D eigenvalue weighted by Crippen LogP contribution is -1.97. The van der Waals surface area contributed by atoms with Gasteiger partial charge in [0.1, 0.15) is 11.5 Å². The van der Waals surface area contributed by atoms with Crippen LogP contribution in [0.5, 0.6) is 11.5 Å². The highest BCUT2D eigenvalue weighted by Gasteiger charge is 2.10. The van der Waals surface area contributed by atoms with E-state index in [-0.39, 0.29) is 4.90 Å². The quantitative estimate of drug-likeness (QED) is 0.854. The van der Waals surface area contributed by atoms with Crippen molar-refractivity contribution in [1.29, 1.82) is 0 Å². The molecule has 0 aliphatic carbocycles. The Bertz CT molecular complexity index is 757. The molecule has 0 saturated heterocycles. The molecule has 2 aromatic carbocycles. The highest BCUT2D eigenvalue weighted by atomic mass is 79.9. The van der Waals surface area contributed by atoms with E-state index in [4.69, 9.17) is 10.5 Å². The minimum absolute atomic E-state index is 0.221. The number of hydrogen-bond acceptors (Lipinski definition) is 4. The summed E-state index contributed by atoms with van der Waals surface area (Å²) in [6.07, 6.45) is 1.16. The first kappa shape index (κ1) is 14.9. The van der Waals surface area contributed by atoms with E-state index >= 15 is 0 Å². The molecule has 2 aromatic rings. The van der Waals surface area contributed by atoms with E-state index in [1.807, 2.05) is 6.92 Å². The number of ether oxygens (including phenoxy) is 1. The largest absolute Gasteiger partial charge is 0.456 e.